The third-order valence-electron chi connectivity index (χ3n) is 1.66. The van der Waals surface area contributed by atoms with Gasteiger partial charge in [-0.2, -0.15) is 0 Å². The number of sulfone groups is 1. The Bertz CT molecular complexity index is 417. The predicted molar refractivity (Wildman–Crippen MR) is 49.4 cm³/mol. The van der Waals surface area contributed by atoms with Crippen LogP contribution in [-0.4, -0.2) is 31.6 Å². The van der Waals surface area contributed by atoms with Crippen LogP contribution in [0.2, 0.25) is 0 Å². The third-order valence-corrected chi connectivity index (χ3v) is 2.92. The van der Waals surface area contributed by atoms with E-state index in [2.05, 4.69) is 0 Å². The van der Waals surface area contributed by atoms with Gasteiger partial charge in [-0.15, -0.1) is 0 Å². The second kappa shape index (κ2) is 4.08. The first-order valence-corrected chi connectivity index (χ1v) is 5.37. The van der Waals surface area contributed by atoms with Crippen LogP contribution < -0.4 is 5.46 Å². The smallest absolute Gasteiger partial charge is 0.423 e. The Morgan fingerprint density at radius 2 is 2.00 bits per heavy atom. The lowest BCUT2D eigenvalue weighted by atomic mass is 9.80. The Hall–Kier alpha value is -0.915. The SMILES string of the molecule is O=S(=O)(CF)c1cccc(B(O)O)c1. The van der Waals surface area contributed by atoms with E-state index in [0.29, 0.717) is 0 Å². The van der Waals surface area contributed by atoms with Gasteiger partial charge in [0.1, 0.15) is 0 Å². The zero-order valence-electron chi connectivity index (χ0n) is 7.09. The molecule has 0 bridgehead atoms. The molecule has 0 aromatic heterocycles. The van der Waals surface area contributed by atoms with Crippen molar-refractivity contribution in [3.63, 3.8) is 0 Å². The Morgan fingerprint density at radius 3 is 2.50 bits per heavy atom. The topological polar surface area (TPSA) is 74.6 Å². The van der Waals surface area contributed by atoms with E-state index in [-0.39, 0.29) is 10.4 Å². The summed E-state index contributed by atoms with van der Waals surface area (Å²) in [6.07, 6.45) is 0. The van der Waals surface area contributed by atoms with E-state index in [1.165, 1.54) is 18.2 Å². The van der Waals surface area contributed by atoms with Crippen LogP contribution in [0.4, 0.5) is 4.39 Å². The lowest BCUT2D eigenvalue weighted by molar-refractivity contribution is 0.425. The first kappa shape index (κ1) is 11.2. The van der Waals surface area contributed by atoms with Gasteiger partial charge in [0, 0.05) is 0 Å². The molecule has 4 nitrogen and oxygen atoms in total. The number of hydrogen-bond donors (Lipinski definition) is 2. The van der Waals surface area contributed by atoms with Gasteiger partial charge in [-0.25, -0.2) is 12.8 Å². The zero-order valence-corrected chi connectivity index (χ0v) is 7.91. The second-order valence-corrected chi connectivity index (χ2v) is 4.59. The Kier molecular flexibility index (Phi) is 3.25. The summed E-state index contributed by atoms with van der Waals surface area (Å²) in [5, 5.41) is 17.5. The summed E-state index contributed by atoms with van der Waals surface area (Å²) >= 11 is 0. The van der Waals surface area contributed by atoms with Crippen LogP contribution >= 0.6 is 0 Å². The monoisotopic (exact) mass is 218 g/mol. The fourth-order valence-corrected chi connectivity index (χ4v) is 1.66. The van der Waals surface area contributed by atoms with Crippen LogP contribution in [0.1, 0.15) is 0 Å². The minimum absolute atomic E-state index is 0.0134. The molecule has 0 aliphatic carbocycles. The summed E-state index contributed by atoms with van der Waals surface area (Å²) in [7, 11) is -5.70. The minimum Gasteiger partial charge on any atom is -0.423 e. The van der Waals surface area contributed by atoms with Crippen molar-refractivity contribution in [1.29, 1.82) is 0 Å². The predicted octanol–water partition coefficient (Wildman–Crippen LogP) is -0.933. The molecule has 0 fully saturated rings. The molecule has 0 heterocycles. The molecule has 0 amide bonds. The molecule has 76 valence electrons. The summed E-state index contributed by atoms with van der Waals surface area (Å²) in [6, 6.07) is 3.37. The maximum Gasteiger partial charge on any atom is 0.488 e. The van der Waals surface area contributed by atoms with E-state index in [1.54, 1.807) is 0 Å². The first-order valence-electron chi connectivity index (χ1n) is 3.72. The molecular formula is C7H8BFO4S. The van der Waals surface area contributed by atoms with Crippen molar-refractivity contribution in [2.24, 2.45) is 0 Å². The van der Waals surface area contributed by atoms with Gasteiger partial charge >= 0.3 is 7.12 Å². The van der Waals surface area contributed by atoms with E-state index < -0.39 is 23.0 Å². The van der Waals surface area contributed by atoms with Gasteiger partial charge in [0.25, 0.3) is 0 Å². The average molecular weight is 218 g/mol. The van der Waals surface area contributed by atoms with Crippen LogP contribution in [0, 0.1) is 0 Å². The minimum atomic E-state index is -3.94. The van der Waals surface area contributed by atoms with Crippen molar-refractivity contribution in [3.8, 4) is 0 Å². The highest BCUT2D eigenvalue weighted by Crippen LogP contribution is 2.09. The molecule has 0 radical (unpaired) electrons. The van der Waals surface area contributed by atoms with E-state index in [4.69, 9.17) is 10.0 Å². The average Bonchev–Trinajstić information content (AvgIpc) is 2.18. The van der Waals surface area contributed by atoms with Crippen LogP contribution in [0.5, 0.6) is 0 Å². The van der Waals surface area contributed by atoms with Crippen LogP contribution in [0.25, 0.3) is 0 Å². The van der Waals surface area contributed by atoms with Crippen molar-refractivity contribution in [3.05, 3.63) is 24.3 Å². The van der Waals surface area contributed by atoms with Crippen LogP contribution in [0.15, 0.2) is 29.2 Å². The molecule has 0 unspecified atom stereocenters. The van der Waals surface area contributed by atoms with Crippen molar-refractivity contribution >= 4 is 22.4 Å². The molecule has 0 saturated heterocycles. The molecule has 1 aromatic carbocycles. The lowest BCUT2D eigenvalue weighted by Gasteiger charge is -2.02. The molecule has 0 saturated carbocycles. The summed E-state index contributed by atoms with van der Waals surface area (Å²) in [5.74, 6) is 0. The van der Waals surface area contributed by atoms with Gasteiger partial charge in [-0.05, 0) is 17.6 Å². The number of rotatable bonds is 3. The standard InChI is InChI=1S/C7H8BFO4S/c9-5-14(12,13)7-3-1-2-6(4-7)8(10)11/h1-4,10-11H,5H2. The molecule has 14 heavy (non-hydrogen) atoms. The number of halogens is 1. The first-order chi connectivity index (χ1) is 6.47. The van der Waals surface area contributed by atoms with Crippen molar-refractivity contribution in [1.82, 2.24) is 0 Å². The van der Waals surface area contributed by atoms with Crippen LogP contribution in [-0.2, 0) is 9.84 Å². The van der Waals surface area contributed by atoms with Gasteiger partial charge in [0.15, 0.2) is 6.01 Å². The highest BCUT2D eigenvalue weighted by atomic mass is 32.2. The highest BCUT2D eigenvalue weighted by molar-refractivity contribution is 7.91. The van der Waals surface area contributed by atoms with Crippen molar-refractivity contribution < 1.29 is 22.9 Å². The number of hydrogen-bond acceptors (Lipinski definition) is 4. The second-order valence-electron chi connectivity index (χ2n) is 2.67. The summed E-state index contributed by atoms with van der Waals surface area (Å²) < 4.78 is 34.2. The van der Waals surface area contributed by atoms with Gasteiger partial charge in [-0.1, -0.05) is 12.1 Å². The molecule has 1 rings (SSSR count). The molecule has 1 aromatic rings. The summed E-state index contributed by atoms with van der Waals surface area (Å²) in [5.41, 5.74) is 0.0134. The fraction of sp³-hybridized carbons (Fsp3) is 0.143. The Morgan fingerprint density at radius 1 is 1.36 bits per heavy atom. The number of alkyl halides is 1. The van der Waals surface area contributed by atoms with E-state index in [9.17, 15) is 12.8 Å². The van der Waals surface area contributed by atoms with Crippen LogP contribution in [0.3, 0.4) is 0 Å². The summed E-state index contributed by atoms with van der Waals surface area (Å²) in [6.45, 7) is 0. The molecule has 0 atom stereocenters. The molecule has 0 aliphatic heterocycles. The van der Waals surface area contributed by atoms with Gasteiger partial charge in [0.05, 0.1) is 4.90 Å². The molecule has 7 heteroatoms. The van der Waals surface area contributed by atoms with Gasteiger partial charge < -0.3 is 10.0 Å². The Labute approximate surface area is 81.1 Å². The zero-order chi connectivity index (χ0) is 10.8. The van der Waals surface area contributed by atoms with E-state index >= 15 is 0 Å². The molecule has 0 aliphatic rings. The van der Waals surface area contributed by atoms with Gasteiger partial charge in [-0.3, -0.25) is 0 Å². The van der Waals surface area contributed by atoms with Crippen molar-refractivity contribution in [2.45, 2.75) is 4.90 Å². The molecule has 0 spiro atoms. The largest absolute Gasteiger partial charge is 0.488 e. The normalized spacial score (nSPS) is 11.4. The van der Waals surface area contributed by atoms with E-state index in [0.717, 1.165) is 6.07 Å². The van der Waals surface area contributed by atoms with Gasteiger partial charge in [0.2, 0.25) is 9.84 Å². The lowest BCUT2D eigenvalue weighted by Crippen LogP contribution is -2.30. The molecule has 2 N–H and O–H groups in total. The Balaban J connectivity index is 3.19. The number of benzene rings is 1. The quantitative estimate of drug-likeness (QED) is 0.642. The van der Waals surface area contributed by atoms with E-state index in [1.807, 2.05) is 0 Å². The summed E-state index contributed by atoms with van der Waals surface area (Å²) in [4.78, 5) is -0.259. The van der Waals surface area contributed by atoms with Crippen molar-refractivity contribution in [2.75, 3.05) is 6.01 Å². The molecular weight excluding hydrogens is 210 g/mol. The maximum absolute atomic E-state index is 12.1. The highest BCUT2D eigenvalue weighted by Gasteiger charge is 2.17. The fourth-order valence-electron chi connectivity index (χ4n) is 0.932. The third kappa shape index (κ3) is 2.31. The maximum atomic E-state index is 12.1.